The van der Waals surface area contributed by atoms with Crippen LogP contribution in [0, 0.1) is 0 Å². The molecule has 0 aromatic carbocycles. The van der Waals surface area contributed by atoms with Gasteiger partial charge in [-0.2, -0.15) is 0 Å². The van der Waals surface area contributed by atoms with Crippen molar-refractivity contribution < 1.29 is 14.2 Å². The Balaban J connectivity index is 1.54. The lowest BCUT2D eigenvalue weighted by Crippen LogP contribution is -2.41. The summed E-state index contributed by atoms with van der Waals surface area (Å²) in [4.78, 5) is 0. The Kier molecular flexibility index (Phi) is 4.38. The monoisotopic (exact) mass is 215 g/mol. The molecule has 3 unspecified atom stereocenters. The predicted molar refractivity (Wildman–Crippen MR) is 57.0 cm³/mol. The van der Waals surface area contributed by atoms with Gasteiger partial charge < -0.3 is 19.5 Å². The summed E-state index contributed by atoms with van der Waals surface area (Å²) in [5.41, 5.74) is 0. The molecule has 4 nitrogen and oxygen atoms in total. The first-order valence-electron chi connectivity index (χ1n) is 5.90. The summed E-state index contributed by atoms with van der Waals surface area (Å²) in [6, 6.07) is 0. The quantitative estimate of drug-likeness (QED) is 0.744. The highest BCUT2D eigenvalue weighted by Crippen LogP contribution is 2.19. The maximum Gasteiger partial charge on any atom is 0.0933 e. The minimum atomic E-state index is 0.220. The Morgan fingerprint density at radius 2 is 2.13 bits per heavy atom. The van der Waals surface area contributed by atoms with Crippen LogP contribution in [0.3, 0.4) is 0 Å². The van der Waals surface area contributed by atoms with Crippen molar-refractivity contribution in [3.05, 3.63) is 0 Å². The molecule has 0 aromatic heterocycles. The molecule has 0 amide bonds. The van der Waals surface area contributed by atoms with Crippen LogP contribution in [-0.2, 0) is 14.2 Å². The molecule has 0 aliphatic carbocycles. The average Bonchev–Trinajstić information content (AvgIpc) is 2.66. The summed E-state index contributed by atoms with van der Waals surface area (Å²) in [6.45, 7) is 6.17. The summed E-state index contributed by atoms with van der Waals surface area (Å²) in [7, 11) is 0. The summed E-state index contributed by atoms with van der Waals surface area (Å²) >= 11 is 0. The highest BCUT2D eigenvalue weighted by molar-refractivity contribution is 4.71. The van der Waals surface area contributed by atoms with Crippen molar-refractivity contribution in [2.24, 2.45) is 0 Å². The largest absolute Gasteiger partial charge is 0.376 e. The molecule has 0 spiro atoms. The fourth-order valence-corrected chi connectivity index (χ4v) is 2.07. The fraction of sp³-hybridized carbons (Fsp3) is 1.00. The van der Waals surface area contributed by atoms with E-state index >= 15 is 0 Å². The number of nitrogens with one attached hydrogen (secondary N) is 1. The van der Waals surface area contributed by atoms with Gasteiger partial charge >= 0.3 is 0 Å². The fourth-order valence-electron chi connectivity index (χ4n) is 2.07. The third-order valence-corrected chi connectivity index (χ3v) is 2.93. The van der Waals surface area contributed by atoms with Crippen LogP contribution in [0.5, 0.6) is 0 Å². The smallest absolute Gasteiger partial charge is 0.0933 e. The minimum absolute atomic E-state index is 0.220. The molecule has 2 fully saturated rings. The zero-order valence-corrected chi connectivity index (χ0v) is 9.41. The summed E-state index contributed by atoms with van der Waals surface area (Å²) in [5, 5.41) is 3.28. The summed E-state index contributed by atoms with van der Waals surface area (Å²) in [5.74, 6) is 0. The Morgan fingerprint density at radius 1 is 1.27 bits per heavy atom. The maximum absolute atomic E-state index is 5.67. The molecule has 0 bridgehead atoms. The molecular formula is C11H21NO3. The van der Waals surface area contributed by atoms with E-state index in [1.807, 2.05) is 0 Å². The molecule has 3 atom stereocenters. The van der Waals surface area contributed by atoms with Crippen LogP contribution < -0.4 is 5.32 Å². The van der Waals surface area contributed by atoms with Gasteiger partial charge in [0.25, 0.3) is 0 Å². The number of hydrogen-bond acceptors (Lipinski definition) is 4. The number of morpholine rings is 1. The van der Waals surface area contributed by atoms with Gasteiger partial charge in [0.2, 0.25) is 0 Å². The maximum atomic E-state index is 5.67. The zero-order valence-electron chi connectivity index (χ0n) is 9.41. The summed E-state index contributed by atoms with van der Waals surface area (Å²) < 4.78 is 16.8. The van der Waals surface area contributed by atoms with Crippen molar-refractivity contribution in [2.75, 3.05) is 32.9 Å². The van der Waals surface area contributed by atoms with Gasteiger partial charge in [-0.05, 0) is 19.8 Å². The lowest BCUT2D eigenvalue weighted by Gasteiger charge is -2.24. The van der Waals surface area contributed by atoms with Crippen molar-refractivity contribution >= 4 is 0 Å². The molecule has 0 radical (unpaired) electrons. The molecule has 2 heterocycles. The number of ether oxygens (including phenoxy) is 3. The van der Waals surface area contributed by atoms with Crippen molar-refractivity contribution in [2.45, 2.75) is 38.1 Å². The molecule has 0 aromatic rings. The van der Waals surface area contributed by atoms with Gasteiger partial charge in [-0.1, -0.05) is 0 Å². The molecule has 2 aliphatic rings. The van der Waals surface area contributed by atoms with Crippen molar-refractivity contribution in [1.29, 1.82) is 0 Å². The second-order valence-electron chi connectivity index (χ2n) is 4.38. The molecule has 15 heavy (non-hydrogen) atoms. The van der Waals surface area contributed by atoms with Gasteiger partial charge in [-0.3, -0.25) is 0 Å². The van der Waals surface area contributed by atoms with Crippen LogP contribution >= 0.6 is 0 Å². The Morgan fingerprint density at radius 3 is 2.80 bits per heavy atom. The molecule has 1 N–H and O–H groups in total. The molecule has 88 valence electrons. The minimum Gasteiger partial charge on any atom is -0.376 e. The highest BCUT2D eigenvalue weighted by atomic mass is 16.6. The van der Waals surface area contributed by atoms with Crippen molar-refractivity contribution in [1.82, 2.24) is 5.32 Å². The van der Waals surface area contributed by atoms with Gasteiger partial charge in [0.15, 0.2) is 0 Å². The lowest BCUT2D eigenvalue weighted by molar-refractivity contribution is -0.0603. The van der Waals surface area contributed by atoms with Gasteiger partial charge in [0.1, 0.15) is 0 Å². The number of hydrogen-bond donors (Lipinski definition) is 1. The van der Waals surface area contributed by atoms with Crippen LogP contribution in [0.2, 0.25) is 0 Å². The Bertz CT molecular complexity index is 178. The summed E-state index contributed by atoms with van der Waals surface area (Å²) in [6.07, 6.45) is 3.22. The first kappa shape index (κ1) is 11.3. The van der Waals surface area contributed by atoms with E-state index in [1.54, 1.807) is 0 Å². The zero-order chi connectivity index (χ0) is 10.5. The first-order chi connectivity index (χ1) is 7.34. The second-order valence-corrected chi connectivity index (χ2v) is 4.38. The van der Waals surface area contributed by atoms with E-state index in [9.17, 15) is 0 Å². The normalized spacial score (nSPS) is 37.0. The van der Waals surface area contributed by atoms with Crippen LogP contribution in [0.15, 0.2) is 0 Å². The van der Waals surface area contributed by atoms with Crippen LogP contribution in [-0.4, -0.2) is 51.2 Å². The van der Waals surface area contributed by atoms with Crippen molar-refractivity contribution in [3.63, 3.8) is 0 Å². The molecular weight excluding hydrogens is 194 g/mol. The topological polar surface area (TPSA) is 39.7 Å². The third-order valence-electron chi connectivity index (χ3n) is 2.93. The van der Waals surface area contributed by atoms with E-state index in [1.165, 1.54) is 0 Å². The van der Waals surface area contributed by atoms with E-state index in [4.69, 9.17) is 14.2 Å². The van der Waals surface area contributed by atoms with Gasteiger partial charge in [-0.25, -0.2) is 0 Å². The average molecular weight is 215 g/mol. The molecule has 4 heteroatoms. The Labute approximate surface area is 91.3 Å². The predicted octanol–water partition coefficient (Wildman–Crippen LogP) is 0.559. The van der Waals surface area contributed by atoms with E-state index in [-0.39, 0.29) is 6.10 Å². The van der Waals surface area contributed by atoms with E-state index in [0.29, 0.717) is 25.4 Å². The van der Waals surface area contributed by atoms with Gasteiger partial charge in [-0.15, -0.1) is 0 Å². The SMILES string of the molecule is CC1CCC(COCC2CNCCO2)O1. The first-order valence-corrected chi connectivity index (χ1v) is 5.90. The Hall–Kier alpha value is -0.160. The second kappa shape index (κ2) is 5.80. The molecule has 2 rings (SSSR count). The molecule has 2 aliphatic heterocycles. The molecule has 0 saturated carbocycles. The van der Waals surface area contributed by atoms with E-state index in [2.05, 4.69) is 12.2 Å². The van der Waals surface area contributed by atoms with Crippen LogP contribution in [0.1, 0.15) is 19.8 Å². The standard InChI is InChI=1S/C11H21NO3/c1-9-2-3-10(15-9)7-13-8-11-6-12-4-5-14-11/h9-12H,2-8H2,1H3. The van der Waals surface area contributed by atoms with E-state index in [0.717, 1.165) is 32.5 Å². The lowest BCUT2D eigenvalue weighted by atomic mass is 10.2. The highest BCUT2D eigenvalue weighted by Gasteiger charge is 2.22. The van der Waals surface area contributed by atoms with Crippen LogP contribution in [0.4, 0.5) is 0 Å². The molecule has 2 saturated heterocycles. The van der Waals surface area contributed by atoms with E-state index < -0.39 is 0 Å². The third kappa shape index (κ3) is 3.72. The van der Waals surface area contributed by atoms with Gasteiger partial charge in [0, 0.05) is 13.1 Å². The van der Waals surface area contributed by atoms with Crippen LogP contribution in [0.25, 0.3) is 0 Å². The van der Waals surface area contributed by atoms with Crippen molar-refractivity contribution in [3.8, 4) is 0 Å². The number of rotatable bonds is 4. The van der Waals surface area contributed by atoms with Gasteiger partial charge in [0.05, 0.1) is 38.1 Å².